The smallest absolute Gasteiger partial charge is 0.0788 e. The fraction of sp³-hybridized carbons (Fsp3) is 1.00. The van der Waals surface area contributed by atoms with Gasteiger partial charge in [-0.1, -0.05) is 41.6 Å². The molecule has 0 bridgehead atoms. The molecule has 96 valence electrons. The van der Waals surface area contributed by atoms with Gasteiger partial charge in [0.25, 0.3) is 0 Å². The molecule has 0 radical (unpaired) electrons. The van der Waals surface area contributed by atoms with E-state index < -0.39 is 0 Å². The van der Waals surface area contributed by atoms with Gasteiger partial charge in [0.2, 0.25) is 0 Å². The SMILES string of the molecule is CCOCC(C)OC1(CBr)CCCCCC1. The van der Waals surface area contributed by atoms with Gasteiger partial charge in [-0.3, -0.25) is 0 Å². The van der Waals surface area contributed by atoms with Crippen LogP contribution in [0, 0.1) is 0 Å². The lowest BCUT2D eigenvalue weighted by molar-refractivity contribution is -0.105. The van der Waals surface area contributed by atoms with Crippen molar-refractivity contribution in [2.45, 2.75) is 64.1 Å². The molecule has 3 heteroatoms. The minimum Gasteiger partial charge on any atom is -0.379 e. The maximum atomic E-state index is 6.24. The van der Waals surface area contributed by atoms with Gasteiger partial charge in [0.15, 0.2) is 0 Å². The van der Waals surface area contributed by atoms with Crippen molar-refractivity contribution in [3.8, 4) is 0 Å². The fourth-order valence-electron chi connectivity index (χ4n) is 2.40. The third-order valence-electron chi connectivity index (χ3n) is 3.27. The Morgan fingerprint density at radius 1 is 1.19 bits per heavy atom. The Balaban J connectivity index is 2.43. The van der Waals surface area contributed by atoms with E-state index in [-0.39, 0.29) is 11.7 Å². The van der Waals surface area contributed by atoms with Crippen LogP contribution in [-0.4, -0.2) is 30.2 Å². The normalized spacial score (nSPS) is 22.7. The Labute approximate surface area is 108 Å². The molecule has 1 saturated carbocycles. The van der Waals surface area contributed by atoms with Gasteiger partial charge in [-0.2, -0.15) is 0 Å². The van der Waals surface area contributed by atoms with Crippen molar-refractivity contribution >= 4 is 15.9 Å². The van der Waals surface area contributed by atoms with Gasteiger partial charge in [0, 0.05) is 11.9 Å². The lowest BCUT2D eigenvalue weighted by Crippen LogP contribution is -2.38. The minimum atomic E-state index is 0.0625. The topological polar surface area (TPSA) is 18.5 Å². The van der Waals surface area contributed by atoms with Crippen molar-refractivity contribution in [1.29, 1.82) is 0 Å². The van der Waals surface area contributed by atoms with Crippen LogP contribution in [0.1, 0.15) is 52.4 Å². The summed E-state index contributed by atoms with van der Waals surface area (Å²) in [5.74, 6) is 0. The first-order chi connectivity index (χ1) is 7.72. The summed E-state index contributed by atoms with van der Waals surface area (Å²) in [6, 6.07) is 0. The fourth-order valence-corrected chi connectivity index (χ4v) is 3.09. The number of hydrogen-bond acceptors (Lipinski definition) is 2. The van der Waals surface area contributed by atoms with E-state index >= 15 is 0 Å². The van der Waals surface area contributed by atoms with E-state index in [4.69, 9.17) is 9.47 Å². The molecule has 0 aromatic heterocycles. The van der Waals surface area contributed by atoms with Crippen LogP contribution in [0.15, 0.2) is 0 Å². The van der Waals surface area contributed by atoms with Gasteiger partial charge in [0.05, 0.1) is 18.3 Å². The first-order valence-corrected chi connectivity index (χ1v) is 7.66. The van der Waals surface area contributed by atoms with Crippen LogP contribution in [0.5, 0.6) is 0 Å². The van der Waals surface area contributed by atoms with Crippen LogP contribution < -0.4 is 0 Å². The van der Waals surface area contributed by atoms with Crippen molar-refractivity contribution in [2.75, 3.05) is 18.5 Å². The molecule has 0 spiro atoms. The van der Waals surface area contributed by atoms with E-state index in [1.165, 1.54) is 38.5 Å². The molecule has 0 saturated heterocycles. The van der Waals surface area contributed by atoms with Crippen LogP contribution >= 0.6 is 15.9 Å². The summed E-state index contributed by atoms with van der Waals surface area (Å²) in [4.78, 5) is 0. The Hall–Kier alpha value is 0.400. The summed E-state index contributed by atoms with van der Waals surface area (Å²) in [7, 11) is 0. The van der Waals surface area contributed by atoms with Crippen LogP contribution in [-0.2, 0) is 9.47 Å². The second-order valence-electron chi connectivity index (χ2n) is 4.82. The molecule has 0 aliphatic heterocycles. The van der Waals surface area contributed by atoms with Crippen LogP contribution in [0.2, 0.25) is 0 Å². The van der Waals surface area contributed by atoms with Crippen LogP contribution in [0.4, 0.5) is 0 Å². The van der Waals surface area contributed by atoms with Gasteiger partial charge in [0.1, 0.15) is 0 Å². The molecule has 0 N–H and O–H groups in total. The van der Waals surface area contributed by atoms with Gasteiger partial charge < -0.3 is 9.47 Å². The second-order valence-corrected chi connectivity index (χ2v) is 5.38. The molecule has 2 nitrogen and oxygen atoms in total. The molecule has 1 atom stereocenters. The molecular formula is C13H25BrO2. The van der Waals surface area contributed by atoms with E-state index in [1.807, 2.05) is 6.92 Å². The summed E-state index contributed by atoms with van der Waals surface area (Å²) < 4.78 is 11.7. The van der Waals surface area contributed by atoms with Gasteiger partial charge in [-0.15, -0.1) is 0 Å². The third-order valence-corrected chi connectivity index (χ3v) is 4.29. The van der Waals surface area contributed by atoms with Gasteiger partial charge in [-0.25, -0.2) is 0 Å². The lowest BCUT2D eigenvalue weighted by atomic mass is 9.96. The molecule has 0 amide bonds. The standard InChI is InChI=1S/C13H25BrO2/c1-3-15-10-12(2)16-13(11-14)8-6-4-5-7-9-13/h12H,3-11H2,1-2H3. The first kappa shape index (κ1) is 14.5. The highest BCUT2D eigenvalue weighted by molar-refractivity contribution is 9.09. The zero-order valence-corrected chi connectivity index (χ0v) is 12.2. The first-order valence-electron chi connectivity index (χ1n) is 6.54. The molecule has 0 aromatic rings. The van der Waals surface area contributed by atoms with Gasteiger partial charge in [-0.05, 0) is 26.7 Å². The van der Waals surface area contributed by atoms with E-state index in [9.17, 15) is 0 Å². The van der Waals surface area contributed by atoms with Gasteiger partial charge >= 0.3 is 0 Å². The highest BCUT2D eigenvalue weighted by atomic mass is 79.9. The Kier molecular flexibility index (Phi) is 6.94. The Morgan fingerprint density at radius 3 is 2.31 bits per heavy atom. The summed E-state index contributed by atoms with van der Waals surface area (Å²) in [6.07, 6.45) is 7.90. The second kappa shape index (κ2) is 7.67. The zero-order valence-electron chi connectivity index (χ0n) is 10.6. The molecule has 1 fully saturated rings. The number of ether oxygens (including phenoxy) is 2. The Bertz CT molecular complexity index is 177. The molecule has 1 rings (SSSR count). The maximum absolute atomic E-state index is 6.24. The minimum absolute atomic E-state index is 0.0625. The highest BCUT2D eigenvalue weighted by Crippen LogP contribution is 2.33. The Morgan fingerprint density at radius 2 is 1.81 bits per heavy atom. The third kappa shape index (κ3) is 4.72. The van der Waals surface area contributed by atoms with Crippen molar-refractivity contribution in [3.05, 3.63) is 0 Å². The van der Waals surface area contributed by atoms with Crippen molar-refractivity contribution in [3.63, 3.8) is 0 Å². The predicted octanol–water partition coefficient (Wildman–Crippen LogP) is 3.92. The molecule has 0 heterocycles. The highest BCUT2D eigenvalue weighted by Gasteiger charge is 2.32. The molecule has 1 unspecified atom stereocenters. The van der Waals surface area contributed by atoms with E-state index in [0.717, 1.165) is 11.9 Å². The van der Waals surface area contributed by atoms with Crippen LogP contribution in [0.3, 0.4) is 0 Å². The molecular weight excluding hydrogens is 268 g/mol. The van der Waals surface area contributed by atoms with Crippen molar-refractivity contribution in [1.82, 2.24) is 0 Å². The average Bonchev–Trinajstić information content (AvgIpc) is 2.52. The monoisotopic (exact) mass is 292 g/mol. The number of rotatable bonds is 6. The van der Waals surface area contributed by atoms with E-state index in [2.05, 4.69) is 22.9 Å². The van der Waals surface area contributed by atoms with E-state index in [0.29, 0.717) is 6.61 Å². The zero-order chi connectivity index (χ0) is 11.9. The number of halogens is 1. The molecule has 1 aliphatic carbocycles. The number of alkyl halides is 1. The largest absolute Gasteiger partial charge is 0.379 e. The summed E-state index contributed by atoms with van der Waals surface area (Å²) >= 11 is 3.63. The van der Waals surface area contributed by atoms with E-state index in [1.54, 1.807) is 0 Å². The molecule has 1 aliphatic rings. The van der Waals surface area contributed by atoms with Crippen molar-refractivity contribution < 1.29 is 9.47 Å². The average molecular weight is 293 g/mol. The summed E-state index contributed by atoms with van der Waals surface area (Å²) in [5, 5.41) is 0.955. The maximum Gasteiger partial charge on any atom is 0.0788 e. The molecule has 0 aromatic carbocycles. The van der Waals surface area contributed by atoms with Crippen LogP contribution in [0.25, 0.3) is 0 Å². The summed E-state index contributed by atoms with van der Waals surface area (Å²) in [5.41, 5.74) is 0.0625. The quantitative estimate of drug-likeness (QED) is 0.546. The van der Waals surface area contributed by atoms with Crippen molar-refractivity contribution in [2.24, 2.45) is 0 Å². The lowest BCUT2D eigenvalue weighted by Gasteiger charge is -2.34. The summed E-state index contributed by atoms with van der Waals surface area (Å²) in [6.45, 7) is 5.63. The number of hydrogen-bond donors (Lipinski definition) is 0. The molecule has 16 heavy (non-hydrogen) atoms. The predicted molar refractivity (Wildman–Crippen MR) is 71.3 cm³/mol.